The molecule has 0 unspecified atom stereocenters. The number of thiophene rings is 1. The normalized spacial score (nSPS) is 10.8. The van der Waals surface area contributed by atoms with Crippen molar-refractivity contribution in [2.24, 2.45) is 0 Å². The maximum atomic E-state index is 14.9. The topological polar surface area (TPSA) is 102 Å². The van der Waals surface area contributed by atoms with Crippen LogP contribution in [0.2, 0.25) is 0 Å². The number of aromatic nitrogens is 2. The monoisotopic (exact) mass is 536 g/mol. The molecule has 4 aromatic rings. The van der Waals surface area contributed by atoms with Gasteiger partial charge in [-0.25, -0.2) is 14.4 Å². The Morgan fingerprint density at radius 1 is 1.00 bits per heavy atom. The Hall–Kier alpha value is -4.05. The fourth-order valence-electron chi connectivity index (χ4n) is 3.84. The molecular weight excluding hydrogens is 507 g/mol. The minimum absolute atomic E-state index is 0.0650. The van der Waals surface area contributed by atoms with E-state index in [1.807, 2.05) is 18.4 Å². The Kier molecular flexibility index (Phi) is 9.21. The molecule has 0 radical (unpaired) electrons. The summed E-state index contributed by atoms with van der Waals surface area (Å²) in [6.07, 6.45) is 5.22. The number of carbonyl (C=O) groups excluding carboxylic acids is 2. The lowest BCUT2D eigenvalue weighted by Gasteiger charge is -2.14. The van der Waals surface area contributed by atoms with Gasteiger partial charge >= 0.3 is 0 Å². The summed E-state index contributed by atoms with van der Waals surface area (Å²) in [6, 6.07) is 9.56. The zero-order valence-electron chi connectivity index (χ0n) is 21.3. The highest BCUT2D eigenvalue weighted by Gasteiger charge is 2.16. The summed E-state index contributed by atoms with van der Waals surface area (Å²) < 4.78 is 26.1. The van der Waals surface area contributed by atoms with E-state index in [2.05, 4.69) is 26.0 Å². The molecule has 8 nitrogen and oxygen atoms in total. The fourth-order valence-corrected chi connectivity index (χ4v) is 4.54. The number of nitrogens with zero attached hydrogens (tertiary/aromatic N) is 2. The molecule has 10 heteroatoms. The molecular formula is C28H29FN4O4S. The van der Waals surface area contributed by atoms with E-state index in [1.54, 1.807) is 29.5 Å². The highest BCUT2D eigenvalue weighted by atomic mass is 32.1. The Labute approximate surface area is 224 Å². The smallest absolute Gasteiger partial charge is 0.230 e. The number of halogens is 1. The summed E-state index contributed by atoms with van der Waals surface area (Å²) in [7, 11) is 1.50. The largest absolute Gasteiger partial charge is 0.494 e. The number of carbonyl (C=O) groups is 2. The van der Waals surface area contributed by atoms with E-state index in [0.717, 1.165) is 19.3 Å². The van der Waals surface area contributed by atoms with Crippen LogP contribution in [0.1, 0.15) is 44.6 Å². The van der Waals surface area contributed by atoms with Crippen molar-refractivity contribution in [3.8, 4) is 17.4 Å². The number of nitrogens with one attached hydrogen (secondary N) is 2. The standard InChI is InChI=1S/C28H29FN4O4S/c1-3-4-7-27(35)33-23-14-20-22(15-25(23)36-2)30-17-31-28(20)37-24-10-9-19(13-21(24)29)32-26(34)8-5-6-18-11-12-38-16-18/h9-17H,3-8H2,1-2H3,(H,32,34)(H,33,35). The molecule has 198 valence electrons. The second-order valence-electron chi connectivity index (χ2n) is 8.68. The van der Waals surface area contributed by atoms with E-state index < -0.39 is 5.82 Å². The zero-order valence-corrected chi connectivity index (χ0v) is 22.1. The molecule has 0 aliphatic heterocycles. The number of fused-ring (bicyclic) bond motifs is 1. The van der Waals surface area contributed by atoms with Crippen LogP contribution >= 0.6 is 11.3 Å². The minimum atomic E-state index is -0.658. The van der Waals surface area contributed by atoms with Crippen molar-refractivity contribution >= 4 is 45.4 Å². The Bertz CT molecular complexity index is 1410. The number of aryl methyl sites for hydroxylation is 1. The maximum Gasteiger partial charge on any atom is 0.230 e. The number of methoxy groups -OCH3 is 1. The van der Waals surface area contributed by atoms with Crippen LogP contribution in [-0.2, 0) is 16.0 Å². The van der Waals surface area contributed by atoms with Crippen LogP contribution in [-0.4, -0.2) is 28.9 Å². The number of hydrogen-bond donors (Lipinski definition) is 2. The predicted molar refractivity (Wildman–Crippen MR) is 147 cm³/mol. The van der Waals surface area contributed by atoms with E-state index in [-0.39, 0.29) is 23.4 Å². The van der Waals surface area contributed by atoms with Crippen molar-refractivity contribution in [1.29, 1.82) is 0 Å². The summed E-state index contributed by atoms with van der Waals surface area (Å²) in [5, 5.41) is 10.1. The molecule has 0 saturated heterocycles. The van der Waals surface area contributed by atoms with Gasteiger partial charge in [0.05, 0.1) is 23.7 Å². The van der Waals surface area contributed by atoms with Gasteiger partial charge in [-0.3, -0.25) is 9.59 Å². The molecule has 2 N–H and O–H groups in total. The lowest BCUT2D eigenvalue weighted by molar-refractivity contribution is -0.117. The van der Waals surface area contributed by atoms with Crippen LogP contribution < -0.4 is 20.1 Å². The van der Waals surface area contributed by atoms with Gasteiger partial charge in [-0.05, 0) is 59.9 Å². The third-order valence-corrected chi connectivity index (χ3v) is 6.56. The quantitative estimate of drug-likeness (QED) is 0.208. The molecule has 0 atom stereocenters. The Morgan fingerprint density at radius 2 is 1.82 bits per heavy atom. The molecule has 0 aliphatic rings. The minimum Gasteiger partial charge on any atom is -0.494 e. The summed E-state index contributed by atoms with van der Waals surface area (Å²) in [5.74, 6) is -0.491. The molecule has 4 rings (SSSR count). The number of unbranched alkanes of at least 4 members (excludes halogenated alkanes) is 1. The summed E-state index contributed by atoms with van der Waals surface area (Å²) in [6.45, 7) is 2.01. The number of benzene rings is 2. The molecule has 2 heterocycles. The third kappa shape index (κ3) is 7.04. The first-order valence-corrected chi connectivity index (χ1v) is 13.3. The van der Waals surface area contributed by atoms with E-state index in [4.69, 9.17) is 9.47 Å². The van der Waals surface area contributed by atoms with Gasteiger partial charge < -0.3 is 20.1 Å². The average Bonchev–Trinajstić information content (AvgIpc) is 3.42. The van der Waals surface area contributed by atoms with Crippen LogP contribution in [0, 0.1) is 5.82 Å². The van der Waals surface area contributed by atoms with Crippen molar-refractivity contribution in [2.45, 2.75) is 45.4 Å². The van der Waals surface area contributed by atoms with Crippen LogP contribution in [0.5, 0.6) is 17.4 Å². The molecule has 2 aromatic carbocycles. The summed E-state index contributed by atoms with van der Waals surface area (Å²) >= 11 is 1.63. The molecule has 0 fully saturated rings. The van der Waals surface area contributed by atoms with E-state index >= 15 is 0 Å². The summed E-state index contributed by atoms with van der Waals surface area (Å²) in [5.41, 5.74) is 2.49. The first kappa shape index (κ1) is 27.0. The molecule has 0 aliphatic carbocycles. The van der Waals surface area contributed by atoms with Gasteiger partial charge in [0, 0.05) is 30.7 Å². The Morgan fingerprint density at radius 3 is 2.55 bits per heavy atom. The lowest BCUT2D eigenvalue weighted by atomic mass is 10.1. The fraction of sp³-hybridized carbons (Fsp3) is 0.286. The van der Waals surface area contributed by atoms with Crippen molar-refractivity contribution in [1.82, 2.24) is 9.97 Å². The number of amides is 2. The van der Waals surface area contributed by atoms with Crippen LogP contribution in [0.15, 0.2) is 53.5 Å². The SMILES string of the molecule is CCCCC(=O)Nc1cc2c(Oc3ccc(NC(=O)CCCc4ccsc4)cc3F)ncnc2cc1OC. The molecule has 2 amide bonds. The maximum absolute atomic E-state index is 14.9. The highest BCUT2D eigenvalue weighted by Crippen LogP contribution is 2.35. The van der Waals surface area contributed by atoms with E-state index in [1.165, 1.54) is 31.1 Å². The van der Waals surface area contributed by atoms with Gasteiger partial charge in [-0.1, -0.05) is 13.3 Å². The molecule has 0 spiro atoms. The van der Waals surface area contributed by atoms with Gasteiger partial charge in [-0.15, -0.1) is 0 Å². The number of anilines is 2. The lowest BCUT2D eigenvalue weighted by Crippen LogP contribution is -2.12. The number of hydrogen-bond acceptors (Lipinski definition) is 7. The van der Waals surface area contributed by atoms with Crippen molar-refractivity contribution in [3.05, 3.63) is 64.9 Å². The van der Waals surface area contributed by atoms with Crippen molar-refractivity contribution in [3.63, 3.8) is 0 Å². The second kappa shape index (κ2) is 13.0. The van der Waals surface area contributed by atoms with Crippen LogP contribution in [0.4, 0.5) is 15.8 Å². The molecule has 0 saturated carbocycles. The number of ether oxygens (including phenoxy) is 2. The van der Waals surface area contributed by atoms with Gasteiger partial charge in [0.1, 0.15) is 12.1 Å². The van der Waals surface area contributed by atoms with Gasteiger partial charge in [0.15, 0.2) is 11.6 Å². The van der Waals surface area contributed by atoms with Gasteiger partial charge in [-0.2, -0.15) is 11.3 Å². The number of rotatable bonds is 12. The van der Waals surface area contributed by atoms with Crippen molar-refractivity contribution < 1.29 is 23.5 Å². The first-order valence-electron chi connectivity index (χ1n) is 12.4. The van der Waals surface area contributed by atoms with Crippen LogP contribution in [0.25, 0.3) is 10.9 Å². The Balaban J connectivity index is 1.47. The third-order valence-electron chi connectivity index (χ3n) is 5.82. The van der Waals surface area contributed by atoms with Gasteiger partial charge in [0.2, 0.25) is 17.7 Å². The van der Waals surface area contributed by atoms with Gasteiger partial charge in [0.25, 0.3) is 0 Å². The first-order chi connectivity index (χ1) is 18.5. The van der Waals surface area contributed by atoms with Crippen LogP contribution in [0.3, 0.4) is 0 Å². The predicted octanol–water partition coefficient (Wildman–Crippen LogP) is 6.72. The van der Waals surface area contributed by atoms with E-state index in [0.29, 0.717) is 47.3 Å². The second-order valence-corrected chi connectivity index (χ2v) is 9.46. The average molecular weight is 537 g/mol. The molecule has 0 bridgehead atoms. The molecule has 2 aromatic heterocycles. The molecule has 38 heavy (non-hydrogen) atoms. The van der Waals surface area contributed by atoms with Crippen molar-refractivity contribution in [2.75, 3.05) is 17.7 Å². The zero-order chi connectivity index (χ0) is 26.9. The van der Waals surface area contributed by atoms with E-state index in [9.17, 15) is 14.0 Å². The summed E-state index contributed by atoms with van der Waals surface area (Å²) in [4.78, 5) is 33.0. The highest BCUT2D eigenvalue weighted by molar-refractivity contribution is 7.07.